The molecule has 1 saturated heterocycles. The number of nitrogens with zero attached hydrogens (tertiary/aromatic N) is 2. The summed E-state index contributed by atoms with van der Waals surface area (Å²) in [7, 11) is -9.69. The number of carbonyl (C=O) groups excluding carboxylic acids is 1. The first-order valence-electron chi connectivity index (χ1n) is 9.05. The third kappa shape index (κ3) is 5.46. The molecule has 0 spiro atoms. The van der Waals surface area contributed by atoms with Crippen LogP contribution in [0, 0.1) is 6.92 Å². The van der Waals surface area contributed by atoms with E-state index in [1.165, 1.54) is 12.2 Å². The molecule has 0 radical (unpaired) electrons. The third-order valence-corrected chi connectivity index (χ3v) is 6.25. The number of carbonyl (C=O) groups is 1. The molecule has 1 fully saturated rings. The Morgan fingerprint density at radius 3 is 2.13 bits per heavy atom. The Bertz CT molecular complexity index is 986. The van der Waals surface area contributed by atoms with E-state index in [0.717, 1.165) is 23.4 Å². The molecule has 30 heavy (non-hydrogen) atoms. The highest BCUT2D eigenvalue weighted by Gasteiger charge is 2.65. The van der Waals surface area contributed by atoms with E-state index in [9.17, 15) is 24.2 Å². The average molecular weight is 467 g/mol. The number of hydrogen-bond acceptors (Lipinski definition) is 2. The monoisotopic (exact) mass is 466 g/mol. The van der Waals surface area contributed by atoms with E-state index in [1.54, 1.807) is 4.90 Å². The quantitative estimate of drug-likeness (QED) is 0.371. The summed E-state index contributed by atoms with van der Waals surface area (Å²) in [5.41, 5.74) is 2.31. The molecule has 0 saturated carbocycles. The minimum absolute atomic E-state index is 0.224. The summed E-state index contributed by atoms with van der Waals surface area (Å²) in [6.07, 6.45) is 2.54. The molecule has 0 aromatic heterocycles. The molecule has 1 heterocycles. The Hall–Kier alpha value is -2.26. The highest BCUT2D eigenvalue weighted by atomic mass is 35.5. The zero-order valence-corrected chi connectivity index (χ0v) is 17.6. The molecule has 3 nitrogen and oxygen atoms in total. The summed E-state index contributed by atoms with van der Waals surface area (Å²) in [5.74, 6) is -0.297. The summed E-state index contributed by atoms with van der Waals surface area (Å²) >= 11 is 6.06. The molecular weight excluding hydrogens is 447 g/mol. The number of rotatable bonds is 4. The lowest BCUT2D eigenvalue weighted by Gasteiger charge is -2.40. The molecule has 0 atom stereocenters. The van der Waals surface area contributed by atoms with Crippen molar-refractivity contribution >= 4 is 39.5 Å². The second kappa shape index (κ2) is 7.16. The van der Waals surface area contributed by atoms with Crippen molar-refractivity contribution in [2.45, 2.75) is 11.8 Å². The Labute approximate surface area is 176 Å². The number of amides is 1. The van der Waals surface area contributed by atoms with E-state index in [1.807, 2.05) is 25.1 Å². The molecule has 10 heteroatoms. The highest BCUT2D eigenvalue weighted by molar-refractivity contribution is 8.45. The van der Waals surface area contributed by atoms with Gasteiger partial charge < -0.3 is 9.80 Å². The number of hydrogen-bond donors (Lipinski definition) is 0. The molecular formula is C20H20ClF5N2OS. The van der Waals surface area contributed by atoms with E-state index in [2.05, 4.69) is 4.90 Å². The summed E-state index contributed by atoms with van der Waals surface area (Å²) in [4.78, 5) is 14.2. The summed E-state index contributed by atoms with van der Waals surface area (Å²) in [6, 6.07) is 8.11. The van der Waals surface area contributed by atoms with Crippen molar-refractivity contribution in [3.63, 3.8) is 0 Å². The lowest BCUT2D eigenvalue weighted by molar-refractivity contribution is -0.126. The molecule has 0 bridgehead atoms. The maximum absolute atomic E-state index is 12.7. The minimum atomic E-state index is -9.69. The second-order valence-corrected chi connectivity index (χ2v) is 9.96. The van der Waals surface area contributed by atoms with Gasteiger partial charge in [-0.15, -0.1) is 0 Å². The Morgan fingerprint density at radius 1 is 0.967 bits per heavy atom. The molecule has 2 aromatic rings. The maximum atomic E-state index is 12.7. The first-order valence-corrected chi connectivity index (χ1v) is 11.4. The van der Waals surface area contributed by atoms with Crippen molar-refractivity contribution in [1.82, 2.24) is 4.90 Å². The van der Waals surface area contributed by atoms with Crippen molar-refractivity contribution < 1.29 is 24.2 Å². The predicted octanol–water partition coefficient (Wildman–Crippen LogP) is 6.67. The van der Waals surface area contributed by atoms with Gasteiger partial charge in [0.1, 0.15) is 4.90 Å². The number of aryl methyl sites for hydroxylation is 1. The minimum Gasteiger partial charge on any atom is -0.368 e. The van der Waals surface area contributed by atoms with Gasteiger partial charge in [0.25, 0.3) is 0 Å². The predicted molar refractivity (Wildman–Crippen MR) is 112 cm³/mol. The van der Waals surface area contributed by atoms with E-state index < -0.39 is 15.1 Å². The Kier molecular flexibility index (Phi) is 5.35. The Balaban J connectivity index is 1.61. The molecule has 2 aromatic carbocycles. The van der Waals surface area contributed by atoms with Gasteiger partial charge in [0, 0.05) is 43.0 Å². The Morgan fingerprint density at radius 2 is 1.57 bits per heavy atom. The van der Waals surface area contributed by atoms with Crippen LogP contribution in [0.5, 0.6) is 0 Å². The zero-order valence-electron chi connectivity index (χ0n) is 16.0. The molecule has 1 aliphatic heterocycles. The number of piperazine rings is 1. The smallest absolute Gasteiger partial charge is 0.310 e. The average Bonchev–Trinajstić information content (AvgIpc) is 2.67. The van der Waals surface area contributed by atoms with Gasteiger partial charge in [0.05, 0.1) is 0 Å². The number of anilines is 1. The lowest BCUT2D eigenvalue weighted by Crippen LogP contribution is -2.48. The SMILES string of the molecule is Cc1ccc(Cl)cc1N1CCN(C(=O)/C=C\c2ccc(S(F)(F)(F)(F)F)cc2)CC1. The van der Waals surface area contributed by atoms with Crippen LogP contribution >= 0.6 is 21.8 Å². The molecule has 164 valence electrons. The molecule has 3 rings (SSSR count). The van der Waals surface area contributed by atoms with Crippen LogP contribution in [0.3, 0.4) is 0 Å². The maximum Gasteiger partial charge on any atom is 0.310 e. The van der Waals surface area contributed by atoms with Gasteiger partial charge in [-0.25, -0.2) is 0 Å². The van der Waals surface area contributed by atoms with E-state index in [-0.39, 0.29) is 11.5 Å². The van der Waals surface area contributed by atoms with Crippen LogP contribution in [-0.4, -0.2) is 37.0 Å². The first kappa shape index (κ1) is 22.4. The standard InChI is InChI=1S/C20H20ClF5N2OS/c1-15-2-6-17(21)14-19(15)27-10-12-28(13-11-27)20(29)9-5-16-3-7-18(8-4-16)30(22,23,24,25)26/h2-9,14H,10-13H2,1H3/b9-5-. The molecule has 1 aliphatic rings. The number of halogens is 6. The van der Waals surface area contributed by atoms with Crippen molar-refractivity contribution in [1.29, 1.82) is 0 Å². The van der Waals surface area contributed by atoms with Crippen LogP contribution in [0.25, 0.3) is 6.08 Å². The fourth-order valence-electron chi connectivity index (χ4n) is 3.20. The fraction of sp³-hybridized carbons (Fsp3) is 0.250. The van der Waals surface area contributed by atoms with Gasteiger partial charge in [-0.3, -0.25) is 4.79 Å². The first-order chi connectivity index (χ1) is 13.7. The van der Waals surface area contributed by atoms with Gasteiger partial charge in [-0.2, -0.15) is 0 Å². The molecule has 0 aliphatic carbocycles. The molecule has 0 N–H and O–H groups in total. The fourth-order valence-corrected chi connectivity index (χ4v) is 4.02. The largest absolute Gasteiger partial charge is 0.368 e. The van der Waals surface area contributed by atoms with Crippen LogP contribution in [0.15, 0.2) is 53.4 Å². The van der Waals surface area contributed by atoms with Gasteiger partial charge in [-0.1, -0.05) is 49.2 Å². The summed E-state index contributed by atoms with van der Waals surface area (Å²) in [6.45, 7) is 4.14. The third-order valence-electron chi connectivity index (χ3n) is 4.85. The van der Waals surface area contributed by atoms with Crippen LogP contribution < -0.4 is 4.90 Å². The van der Waals surface area contributed by atoms with Crippen molar-refractivity contribution in [2.24, 2.45) is 0 Å². The zero-order chi connectivity index (χ0) is 22.2. The van der Waals surface area contributed by atoms with Gasteiger partial charge in [0.15, 0.2) is 0 Å². The van der Waals surface area contributed by atoms with Crippen LogP contribution in [0.2, 0.25) is 5.02 Å². The highest BCUT2D eigenvalue weighted by Crippen LogP contribution is 3.02. The van der Waals surface area contributed by atoms with Gasteiger partial charge in [0.2, 0.25) is 5.91 Å². The van der Waals surface area contributed by atoms with Crippen LogP contribution in [0.4, 0.5) is 25.1 Å². The van der Waals surface area contributed by atoms with E-state index in [0.29, 0.717) is 43.3 Å². The van der Waals surface area contributed by atoms with Crippen LogP contribution in [0.1, 0.15) is 11.1 Å². The second-order valence-electron chi connectivity index (χ2n) is 7.11. The van der Waals surface area contributed by atoms with Crippen molar-refractivity contribution in [3.8, 4) is 0 Å². The normalized spacial score (nSPS) is 17.7. The van der Waals surface area contributed by atoms with Crippen LogP contribution in [-0.2, 0) is 4.79 Å². The lowest BCUT2D eigenvalue weighted by atomic mass is 10.1. The summed E-state index contributed by atoms with van der Waals surface area (Å²) in [5, 5.41) is 0.633. The van der Waals surface area contributed by atoms with Gasteiger partial charge in [-0.05, 0) is 48.4 Å². The van der Waals surface area contributed by atoms with Crippen molar-refractivity contribution in [2.75, 3.05) is 31.1 Å². The topological polar surface area (TPSA) is 23.6 Å². The summed E-state index contributed by atoms with van der Waals surface area (Å²) < 4.78 is 63.7. The molecule has 1 amide bonds. The van der Waals surface area contributed by atoms with E-state index in [4.69, 9.17) is 11.6 Å². The van der Waals surface area contributed by atoms with Gasteiger partial charge >= 0.3 is 10.2 Å². The molecule has 0 unspecified atom stereocenters. The number of benzene rings is 2. The van der Waals surface area contributed by atoms with Crippen molar-refractivity contribution in [3.05, 3.63) is 64.7 Å². The van der Waals surface area contributed by atoms with E-state index >= 15 is 0 Å².